The molecule has 1 fully saturated rings. The molecule has 0 unspecified atom stereocenters. The lowest BCUT2D eigenvalue weighted by Gasteiger charge is -2.45. The van der Waals surface area contributed by atoms with Gasteiger partial charge in [0.1, 0.15) is 23.4 Å². The summed E-state index contributed by atoms with van der Waals surface area (Å²) < 4.78 is 5.40. The second kappa shape index (κ2) is 16.4. The van der Waals surface area contributed by atoms with Crippen LogP contribution in [0.15, 0.2) is 84.9 Å². The van der Waals surface area contributed by atoms with Gasteiger partial charge < -0.3 is 30.5 Å². The van der Waals surface area contributed by atoms with Crippen molar-refractivity contribution in [2.45, 2.75) is 76.7 Å². The van der Waals surface area contributed by atoms with E-state index in [0.717, 1.165) is 11.1 Å². The average molecular weight is 645 g/mol. The lowest BCUT2D eigenvalue weighted by molar-refractivity contribution is -0.141. The van der Waals surface area contributed by atoms with Crippen LogP contribution in [-0.2, 0) is 33.6 Å². The molecular formula is C37H48N4O6. The Balaban J connectivity index is 1.48. The number of amides is 3. The van der Waals surface area contributed by atoms with E-state index in [1.807, 2.05) is 53.4 Å². The number of aliphatic hydroxyl groups is 1. The van der Waals surface area contributed by atoms with Gasteiger partial charge in [0.15, 0.2) is 0 Å². The fourth-order valence-corrected chi connectivity index (χ4v) is 5.91. The van der Waals surface area contributed by atoms with Crippen LogP contribution in [0.4, 0.5) is 4.79 Å². The van der Waals surface area contributed by atoms with Crippen LogP contribution in [0, 0.1) is 0 Å². The van der Waals surface area contributed by atoms with Crippen LogP contribution in [0.5, 0.6) is 5.75 Å². The Morgan fingerprint density at radius 3 is 2.04 bits per heavy atom. The summed E-state index contributed by atoms with van der Waals surface area (Å²) in [6.07, 6.45) is 0.703. The number of alkyl carbamates (subject to hydrolysis) is 1. The van der Waals surface area contributed by atoms with Crippen molar-refractivity contribution in [3.05, 3.63) is 102 Å². The summed E-state index contributed by atoms with van der Waals surface area (Å²) >= 11 is 0. The maximum absolute atomic E-state index is 14.0. The minimum Gasteiger partial charge on any atom is -0.508 e. The van der Waals surface area contributed by atoms with Gasteiger partial charge in [-0.25, -0.2) is 4.79 Å². The van der Waals surface area contributed by atoms with Gasteiger partial charge in [-0.1, -0.05) is 72.8 Å². The number of ether oxygens (including phenoxy) is 1. The van der Waals surface area contributed by atoms with E-state index in [2.05, 4.69) is 27.7 Å². The molecule has 47 heavy (non-hydrogen) atoms. The topological polar surface area (TPSA) is 131 Å². The number of aromatic hydroxyl groups is 1. The highest BCUT2D eigenvalue weighted by molar-refractivity contribution is 5.91. The molecule has 1 aliphatic rings. The molecule has 0 aromatic heterocycles. The minimum absolute atomic E-state index is 0.000422. The molecule has 0 bridgehead atoms. The molecule has 0 saturated carbocycles. The van der Waals surface area contributed by atoms with Crippen molar-refractivity contribution in [1.29, 1.82) is 0 Å². The van der Waals surface area contributed by atoms with Crippen molar-refractivity contribution in [3.8, 4) is 5.75 Å². The van der Waals surface area contributed by atoms with Crippen LogP contribution < -0.4 is 10.6 Å². The van der Waals surface area contributed by atoms with Gasteiger partial charge in [0.2, 0.25) is 11.8 Å². The molecule has 1 saturated heterocycles. The van der Waals surface area contributed by atoms with Crippen LogP contribution in [-0.4, -0.2) is 93.9 Å². The van der Waals surface area contributed by atoms with E-state index in [4.69, 9.17) is 4.74 Å². The van der Waals surface area contributed by atoms with E-state index in [-0.39, 0.29) is 36.8 Å². The van der Waals surface area contributed by atoms with E-state index in [0.29, 0.717) is 38.0 Å². The highest BCUT2D eigenvalue weighted by Gasteiger charge is 2.36. The largest absolute Gasteiger partial charge is 0.508 e. The Bertz CT molecular complexity index is 1450. The first-order chi connectivity index (χ1) is 22.4. The Hall–Kier alpha value is -4.41. The monoisotopic (exact) mass is 644 g/mol. The summed E-state index contributed by atoms with van der Waals surface area (Å²) in [5.74, 6) is -0.654. The highest BCUT2D eigenvalue weighted by Crippen LogP contribution is 2.21. The van der Waals surface area contributed by atoms with Gasteiger partial charge in [-0.3, -0.25) is 14.5 Å². The molecule has 10 heteroatoms. The first-order valence-electron chi connectivity index (χ1n) is 16.2. The Morgan fingerprint density at radius 2 is 1.45 bits per heavy atom. The predicted molar refractivity (Wildman–Crippen MR) is 181 cm³/mol. The third-order valence-corrected chi connectivity index (χ3v) is 8.27. The molecule has 1 heterocycles. The van der Waals surface area contributed by atoms with Crippen LogP contribution in [0.1, 0.15) is 44.4 Å². The number of hydrogen-bond donors (Lipinski definition) is 4. The molecule has 1 aliphatic heterocycles. The molecule has 4 rings (SSSR count). The third kappa shape index (κ3) is 10.8. The number of rotatable bonds is 12. The van der Waals surface area contributed by atoms with E-state index in [9.17, 15) is 24.6 Å². The second-order valence-corrected chi connectivity index (χ2v) is 13.2. The molecule has 3 amide bonds. The fourth-order valence-electron chi connectivity index (χ4n) is 5.91. The maximum Gasteiger partial charge on any atom is 0.408 e. The lowest BCUT2D eigenvalue weighted by Crippen LogP contribution is -2.62. The van der Waals surface area contributed by atoms with E-state index in [1.165, 1.54) is 12.1 Å². The third-order valence-electron chi connectivity index (χ3n) is 8.27. The van der Waals surface area contributed by atoms with Crippen molar-refractivity contribution < 1.29 is 29.3 Å². The van der Waals surface area contributed by atoms with Crippen molar-refractivity contribution in [3.63, 3.8) is 0 Å². The second-order valence-electron chi connectivity index (χ2n) is 13.2. The van der Waals surface area contributed by atoms with Gasteiger partial charge in [-0.15, -0.1) is 0 Å². The van der Waals surface area contributed by atoms with Crippen molar-refractivity contribution in [2.75, 3.05) is 26.2 Å². The summed E-state index contributed by atoms with van der Waals surface area (Å²) in [7, 11) is 0. The van der Waals surface area contributed by atoms with Crippen LogP contribution in [0.3, 0.4) is 0 Å². The van der Waals surface area contributed by atoms with Gasteiger partial charge in [0, 0.05) is 38.1 Å². The number of piperazine rings is 1. The molecule has 3 aromatic carbocycles. The Morgan fingerprint density at radius 1 is 0.851 bits per heavy atom. The van der Waals surface area contributed by atoms with Gasteiger partial charge in [0.05, 0.1) is 6.61 Å². The van der Waals surface area contributed by atoms with Crippen LogP contribution in [0.2, 0.25) is 0 Å². The summed E-state index contributed by atoms with van der Waals surface area (Å²) in [5.41, 5.74) is 2.18. The predicted octanol–water partition coefficient (Wildman–Crippen LogP) is 3.69. The van der Waals surface area contributed by atoms with Gasteiger partial charge in [0.25, 0.3) is 0 Å². The van der Waals surface area contributed by atoms with Crippen LogP contribution >= 0.6 is 0 Å². The lowest BCUT2D eigenvalue weighted by atomic mass is 9.98. The first kappa shape index (κ1) is 35.4. The Kier molecular flexibility index (Phi) is 12.4. The first-order valence-corrected chi connectivity index (χ1v) is 16.2. The zero-order chi connectivity index (χ0) is 34.0. The Labute approximate surface area is 277 Å². The molecule has 10 nitrogen and oxygen atoms in total. The molecule has 4 atom stereocenters. The van der Waals surface area contributed by atoms with Gasteiger partial charge >= 0.3 is 6.09 Å². The van der Waals surface area contributed by atoms with Gasteiger partial charge in [-0.05, 0) is 69.4 Å². The summed E-state index contributed by atoms with van der Waals surface area (Å²) in [5, 5.41) is 25.5. The van der Waals surface area contributed by atoms with Crippen molar-refractivity contribution in [2.24, 2.45) is 0 Å². The number of nitrogens with zero attached hydrogens (tertiary/aromatic N) is 2. The summed E-state index contributed by atoms with van der Waals surface area (Å²) in [6.45, 7) is 8.45. The van der Waals surface area contributed by atoms with Gasteiger partial charge in [-0.2, -0.15) is 0 Å². The van der Waals surface area contributed by atoms with E-state index in [1.54, 1.807) is 39.8 Å². The molecule has 0 spiro atoms. The number of aliphatic hydroxyl groups excluding tert-OH is 1. The highest BCUT2D eigenvalue weighted by atomic mass is 16.6. The molecule has 4 N–H and O–H groups in total. The molecule has 252 valence electrons. The normalized spacial score (nSPS) is 17.3. The number of carbonyl (C=O) groups excluding carboxylic acids is 3. The van der Waals surface area contributed by atoms with Crippen molar-refractivity contribution >= 4 is 17.9 Å². The standard InChI is InChI=1S/C37H48N4O6/c1-26(38-34(44)33(39-36(46)47-37(2,3)4)23-29-15-17-32(43)18-16-29)35(45)41-20-19-40(24-30(41)21-27-11-7-5-8-12-27)31(25-42)22-28-13-9-6-10-14-28/h5-18,26,30-31,33,42-43H,19-25H2,1-4H3,(H,38,44)(H,39,46)/t26-,30-,31-,33+/m1/s1. The van der Waals surface area contributed by atoms with Crippen LogP contribution in [0.25, 0.3) is 0 Å². The zero-order valence-electron chi connectivity index (χ0n) is 27.8. The SMILES string of the molecule is C[C@@H](NC(=O)[C@H](Cc1ccc(O)cc1)NC(=O)OC(C)(C)C)C(=O)N1CCN([C@@H](CO)Cc2ccccc2)C[C@H]1Cc1ccccc1. The summed E-state index contributed by atoms with van der Waals surface area (Å²) in [4.78, 5) is 44.4. The van der Waals surface area contributed by atoms with E-state index < -0.39 is 29.7 Å². The number of carbonyl (C=O) groups is 3. The fraction of sp³-hybridized carbons (Fsp3) is 0.432. The molecule has 0 radical (unpaired) electrons. The number of phenols is 1. The average Bonchev–Trinajstić information content (AvgIpc) is 3.04. The van der Waals surface area contributed by atoms with E-state index >= 15 is 0 Å². The molecular weight excluding hydrogens is 596 g/mol. The zero-order valence-corrected chi connectivity index (χ0v) is 27.8. The maximum atomic E-state index is 14.0. The quantitative estimate of drug-likeness (QED) is 0.237. The number of phenolic OH excluding ortho intramolecular Hbond substituents is 1. The number of nitrogens with one attached hydrogen (secondary N) is 2. The number of benzene rings is 3. The molecule has 3 aromatic rings. The minimum atomic E-state index is -1.02. The smallest absolute Gasteiger partial charge is 0.408 e. The molecule has 0 aliphatic carbocycles. The van der Waals surface area contributed by atoms with Crippen molar-refractivity contribution in [1.82, 2.24) is 20.4 Å². The number of hydrogen-bond acceptors (Lipinski definition) is 7. The summed E-state index contributed by atoms with van der Waals surface area (Å²) in [6, 6.07) is 24.3.